The quantitative estimate of drug-likeness (QED) is 0.354. The zero-order valence-electron chi connectivity index (χ0n) is 20.5. The highest BCUT2D eigenvalue weighted by molar-refractivity contribution is 7.92. The summed E-state index contributed by atoms with van der Waals surface area (Å²) >= 11 is 12.2. The van der Waals surface area contributed by atoms with Crippen LogP contribution in [-0.4, -0.2) is 46.7 Å². The van der Waals surface area contributed by atoms with Crippen LogP contribution in [0.1, 0.15) is 19.4 Å². The fourth-order valence-corrected chi connectivity index (χ4v) is 6.97. The summed E-state index contributed by atoms with van der Waals surface area (Å²) in [6.07, 6.45) is 0. The van der Waals surface area contributed by atoms with Crippen molar-refractivity contribution in [3.05, 3.63) is 82.3 Å². The van der Waals surface area contributed by atoms with Gasteiger partial charge in [-0.05, 0) is 61.5 Å². The molecule has 3 aromatic carbocycles. The van der Waals surface area contributed by atoms with E-state index in [1.54, 1.807) is 26.0 Å². The fraction of sp³-hybridized carbons (Fsp3) is 0.240. The first-order valence-corrected chi connectivity index (χ1v) is 15.0. The maximum absolute atomic E-state index is 13.5. The highest BCUT2D eigenvalue weighted by atomic mass is 35.5. The van der Waals surface area contributed by atoms with Crippen LogP contribution in [0.5, 0.6) is 0 Å². The van der Waals surface area contributed by atoms with Gasteiger partial charge in [0.2, 0.25) is 15.9 Å². The number of aryl methyl sites for hydroxylation is 1. The Hall–Kier alpha value is -2.63. The Morgan fingerprint density at radius 2 is 1.27 bits per heavy atom. The minimum Gasteiger partial charge on any atom is -0.325 e. The summed E-state index contributed by atoms with van der Waals surface area (Å²) in [5.41, 5.74) is 1.30. The van der Waals surface area contributed by atoms with Crippen molar-refractivity contribution < 1.29 is 21.6 Å². The Labute approximate surface area is 227 Å². The van der Waals surface area contributed by atoms with Gasteiger partial charge < -0.3 is 5.32 Å². The molecular formula is C25H27Cl2N3O5S2. The number of hydrogen-bond acceptors (Lipinski definition) is 5. The van der Waals surface area contributed by atoms with Gasteiger partial charge in [-0.2, -0.15) is 4.31 Å². The number of amides is 1. The second-order valence-electron chi connectivity index (χ2n) is 8.11. The zero-order chi connectivity index (χ0) is 27.4. The first-order chi connectivity index (χ1) is 17.4. The number of anilines is 2. The van der Waals surface area contributed by atoms with Crippen LogP contribution >= 0.6 is 23.2 Å². The van der Waals surface area contributed by atoms with Gasteiger partial charge in [0.15, 0.2) is 0 Å². The molecular weight excluding hydrogens is 557 g/mol. The van der Waals surface area contributed by atoms with E-state index >= 15 is 0 Å². The topological polar surface area (TPSA) is 104 Å². The van der Waals surface area contributed by atoms with Crippen molar-refractivity contribution in [1.82, 2.24) is 4.31 Å². The van der Waals surface area contributed by atoms with Gasteiger partial charge in [-0.25, -0.2) is 16.8 Å². The molecule has 3 rings (SSSR count). The van der Waals surface area contributed by atoms with E-state index in [9.17, 15) is 21.6 Å². The summed E-state index contributed by atoms with van der Waals surface area (Å²) in [6.45, 7) is 5.41. The summed E-state index contributed by atoms with van der Waals surface area (Å²) in [7, 11) is -7.82. The molecule has 198 valence electrons. The molecule has 0 atom stereocenters. The smallest absolute Gasteiger partial charge is 0.264 e. The van der Waals surface area contributed by atoms with E-state index in [4.69, 9.17) is 23.2 Å². The first-order valence-electron chi connectivity index (χ1n) is 11.3. The number of halogens is 2. The molecule has 0 spiro atoms. The number of sulfonamides is 2. The third-order valence-electron chi connectivity index (χ3n) is 5.51. The van der Waals surface area contributed by atoms with Gasteiger partial charge >= 0.3 is 0 Å². The van der Waals surface area contributed by atoms with Crippen LogP contribution in [-0.2, 0) is 24.8 Å². The van der Waals surface area contributed by atoms with E-state index in [2.05, 4.69) is 5.32 Å². The zero-order valence-corrected chi connectivity index (χ0v) is 23.6. The van der Waals surface area contributed by atoms with Crippen LogP contribution in [0, 0.1) is 6.92 Å². The molecule has 3 aromatic rings. The number of nitrogens with one attached hydrogen (secondary N) is 1. The average Bonchev–Trinajstić information content (AvgIpc) is 2.83. The Bertz CT molecular complexity index is 1450. The summed E-state index contributed by atoms with van der Waals surface area (Å²) in [5.74, 6) is -0.647. The predicted octanol–water partition coefficient (Wildman–Crippen LogP) is 5.17. The molecule has 0 heterocycles. The molecule has 0 radical (unpaired) electrons. The molecule has 1 N–H and O–H groups in total. The lowest BCUT2D eigenvalue weighted by atomic mass is 10.2. The summed E-state index contributed by atoms with van der Waals surface area (Å²) in [5, 5.41) is 3.03. The van der Waals surface area contributed by atoms with Gasteiger partial charge in [0.25, 0.3) is 10.0 Å². The maximum atomic E-state index is 13.5. The molecule has 0 unspecified atom stereocenters. The molecule has 0 aliphatic carbocycles. The molecule has 0 aromatic heterocycles. The lowest BCUT2D eigenvalue weighted by Gasteiger charge is -2.24. The second kappa shape index (κ2) is 11.8. The van der Waals surface area contributed by atoms with Crippen molar-refractivity contribution >= 4 is 60.5 Å². The number of carbonyl (C=O) groups excluding carboxylic acids is 1. The molecule has 8 nitrogen and oxygen atoms in total. The predicted molar refractivity (Wildman–Crippen MR) is 147 cm³/mol. The van der Waals surface area contributed by atoms with Crippen molar-refractivity contribution in [3.63, 3.8) is 0 Å². The minimum absolute atomic E-state index is 0.00652. The van der Waals surface area contributed by atoms with Crippen LogP contribution in [0.4, 0.5) is 11.4 Å². The summed E-state index contributed by atoms with van der Waals surface area (Å²) < 4.78 is 54.7. The summed E-state index contributed by atoms with van der Waals surface area (Å²) in [6, 6.07) is 16.2. The molecule has 0 aliphatic rings. The van der Waals surface area contributed by atoms with Gasteiger partial charge in [-0.1, -0.05) is 54.7 Å². The largest absolute Gasteiger partial charge is 0.325 e. The van der Waals surface area contributed by atoms with Crippen molar-refractivity contribution in [2.45, 2.75) is 30.6 Å². The highest BCUT2D eigenvalue weighted by Gasteiger charge is 2.28. The van der Waals surface area contributed by atoms with E-state index < -0.39 is 32.5 Å². The monoisotopic (exact) mass is 583 g/mol. The summed E-state index contributed by atoms with van der Waals surface area (Å²) in [4.78, 5) is 13.1. The fourth-order valence-electron chi connectivity index (χ4n) is 3.59. The van der Waals surface area contributed by atoms with Gasteiger partial charge in [0.05, 0.1) is 15.5 Å². The highest BCUT2D eigenvalue weighted by Crippen LogP contribution is 2.30. The van der Waals surface area contributed by atoms with E-state index in [1.807, 2.05) is 6.92 Å². The maximum Gasteiger partial charge on any atom is 0.264 e. The lowest BCUT2D eigenvalue weighted by molar-refractivity contribution is -0.114. The lowest BCUT2D eigenvalue weighted by Crippen LogP contribution is -2.38. The van der Waals surface area contributed by atoms with Crippen LogP contribution in [0.25, 0.3) is 0 Å². The normalized spacial score (nSPS) is 11.9. The number of hydrogen-bond donors (Lipinski definition) is 1. The van der Waals surface area contributed by atoms with Crippen molar-refractivity contribution in [2.24, 2.45) is 0 Å². The number of benzene rings is 3. The van der Waals surface area contributed by atoms with Crippen LogP contribution < -0.4 is 9.62 Å². The Balaban J connectivity index is 1.89. The minimum atomic E-state index is -4.16. The Kier molecular flexibility index (Phi) is 9.25. The third-order valence-corrected chi connectivity index (χ3v) is 9.80. The molecule has 0 aliphatic heterocycles. The molecule has 0 fully saturated rings. The standard InChI is InChI=1S/C25H27Cl2N3O5S2/c1-4-29(5-2)36(32,33)23-12-8-21(9-13-23)28-25(31)17-30(22-15-19(26)14-20(27)16-22)37(34,35)24-10-6-18(3)7-11-24/h6-16H,4-5,17H2,1-3H3,(H,28,31). The van der Waals surface area contributed by atoms with Crippen molar-refractivity contribution in [2.75, 3.05) is 29.3 Å². The Morgan fingerprint density at radius 3 is 1.78 bits per heavy atom. The molecule has 0 saturated carbocycles. The van der Waals surface area contributed by atoms with Crippen molar-refractivity contribution in [1.29, 1.82) is 0 Å². The van der Waals surface area contributed by atoms with E-state index in [-0.39, 0.29) is 25.5 Å². The van der Waals surface area contributed by atoms with Crippen LogP contribution in [0.15, 0.2) is 76.5 Å². The van der Waals surface area contributed by atoms with E-state index in [0.717, 1.165) is 9.87 Å². The number of rotatable bonds is 10. The van der Waals surface area contributed by atoms with Crippen LogP contribution in [0.3, 0.4) is 0 Å². The molecule has 12 heteroatoms. The average molecular weight is 585 g/mol. The van der Waals surface area contributed by atoms with Gasteiger partial charge in [0.1, 0.15) is 6.54 Å². The van der Waals surface area contributed by atoms with E-state index in [0.29, 0.717) is 18.8 Å². The first kappa shape index (κ1) is 28.9. The van der Waals surface area contributed by atoms with E-state index in [1.165, 1.54) is 58.9 Å². The van der Waals surface area contributed by atoms with Crippen LogP contribution in [0.2, 0.25) is 10.0 Å². The van der Waals surface area contributed by atoms with Gasteiger partial charge in [-0.15, -0.1) is 0 Å². The van der Waals surface area contributed by atoms with Gasteiger partial charge in [0, 0.05) is 28.8 Å². The van der Waals surface area contributed by atoms with Crippen molar-refractivity contribution in [3.8, 4) is 0 Å². The SMILES string of the molecule is CCN(CC)S(=O)(=O)c1ccc(NC(=O)CN(c2cc(Cl)cc(Cl)c2)S(=O)(=O)c2ccc(C)cc2)cc1. The number of carbonyl (C=O) groups is 1. The molecule has 37 heavy (non-hydrogen) atoms. The molecule has 0 saturated heterocycles. The third kappa shape index (κ3) is 6.82. The second-order valence-corrected chi connectivity index (χ2v) is 12.8. The van der Waals surface area contributed by atoms with Gasteiger partial charge in [-0.3, -0.25) is 9.10 Å². The molecule has 1 amide bonds. The molecule has 0 bridgehead atoms. The number of nitrogens with zero attached hydrogens (tertiary/aromatic N) is 2. The Morgan fingerprint density at radius 1 is 0.784 bits per heavy atom.